The molecule has 0 fully saturated rings. The molecule has 0 saturated heterocycles. The predicted octanol–water partition coefficient (Wildman–Crippen LogP) is 6.22. The molecule has 1 radical (unpaired) electrons. The molecule has 0 atom stereocenters. The second kappa shape index (κ2) is 6.35. The van der Waals surface area contributed by atoms with E-state index in [0.717, 1.165) is 33.0 Å². The molecule has 0 N–H and O–H groups in total. The molecule has 0 spiro atoms. The van der Waals surface area contributed by atoms with Crippen LogP contribution in [0.25, 0.3) is 43.8 Å². The third-order valence-electron chi connectivity index (χ3n) is 4.97. The molecule has 3 aromatic carbocycles. The van der Waals surface area contributed by atoms with Crippen molar-refractivity contribution in [3.63, 3.8) is 0 Å². The first-order chi connectivity index (χ1) is 12.3. The molecular weight excluding hydrogens is 498 g/mol. The van der Waals surface area contributed by atoms with Gasteiger partial charge in [-0.15, -0.1) is 0 Å². The third kappa shape index (κ3) is 2.32. The SMILES string of the molecule is Cc1cccc(C)c1-c1o[c-]c2c3ncccc3c3ccccc3c12.[Ir]. The Hall–Kier alpha value is -2.48. The van der Waals surface area contributed by atoms with E-state index >= 15 is 0 Å². The average molecular weight is 515 g/mol. The maximum atomic E-state index is 6.01. The molecule has 2 aromatic heterocycles. The Morgan fingerprint density at radius 3 is 2.27 bits per heavy atom. The van der Waals surface area contributed by atoms with Crippen LogP contribution in [0.15, 0.2) is 65.2 Å². The predicted molar refractivity (Wildman–Crippen MR) is 103 cm³/mol. The summed E-state index contributed by atoms with van der Waals surface area (Å²) in [6.45, 7) is 4.25. The van der Waals surface area contributed by atoms with Crippen LogP contribution in [0, 0.1) is 20.1 Å². The minimum atomic E-state index is 0. The minimum absolute atomic E-state index is 0. The maximum Gasteiger partial charge on any atom is 0.0380 e. The molecule has 5 rings (SSSR count). The van der Waals surface area contributed by atoms with E-state index in [2.05, 4.69) is 73.6 Å². The summed E-state index contributed by atoms with van der Waals surface area (Å²) < 4.78 is 6.01. The minimum Gasteiger partial charge on any atom is -0.557 e. The standard InChI is InChI=1S/C23H16NO.Ir/c1-14-7-5-8-15(2)20(14)23-21-17-10-4-3-9-16(17)18-11-6-12-24-22(18)19(21)13-25-23;/h3-12H,1-2H3;/q-1;. The van der Waals surface area contributed by atoms with Crippen LogP contribution >= 0.6 is 0 Å². The van der Waals surface area contributed by atoms with Crippen LogP contribution in [-0.4, -0.2) is 4.98 Å². The second-order valence-electron chi connectivity index (χ2n) is 6.50. The third-order valence-corrected chi connectivity index (χ3v) is 4.97. The molecule has 5 aromatic rings. The van der Waals surface area contributed by atoms with Crippen molar-refractivity contribution < 1.29 is 24.5 Å². The molecule has 2 nitrogen and oxygen atoms in total. The van der Waals surface area contributed by atoms with Gasteiger partial charge in [-0.3, -0.25) is 0 Å². The van der Waals surface area contributed by atoms with Crippen molar-refractivity contribution in [2.75, 3.05) is 0 Å². The Labute approximate surface area is 165 Å². The molecule has 0 aliphatic carbocycles. The Morgan fingerprint density at radius 1 is 0.808 bits per heavy atom. The number of rotatable bonds is 1. The number of fused-ring (bicyclic) bond motifs is 6. The molecule has 129 valence electrons. The summed E-state index contributed by atoms with van der Waals surface area (Å²) in [5.41, 5.74) is 4.50. The van der Waals surface area contributed by atoms with E-state index in [1.165, 1.54) is 21.9 Å². The number of furan rings is 1. The van der Waals surface area contributed by atoms with E-state index in [9.17, 15) is 0 Å². The van der Waals surface area contributed by atoms with Gasteiger partial charge in [-0.05, 0) is 41.8 Å². The quantitative estimate of drug-likeness (QED) is 0.196. The zero-order valence-corrected chi connectivity index (χ0v) is 16.9. The Kier molecular flexibility index (Phi) is 4.14. The molecular formula is C23H16IrNO-. The van der Waals surface area contributed by atoms with Gasteiger partial charge in [0.15, 0.2) is 0 Å². The number of nitrogens with zero attached hydrogens (tertiary/aromatic N) is 1. The normalized spacial score (nSPS) is 11.2. The summed E-state index contributed by atoms with van der Waals surface area (Å²) in [5, 5.41) is 5.56. The second-order valence-corrected chi connectivity index (χ2v) is 6.50. The Balaban J connectivity index is 0.00000168. The van der Waals surface area contributed by atoms with Crippen LogP contribution in [0.1, 0.15) is 11.1 Å². The first kappa shape index (κ1) is 17.0. The van der Waals surface area contributed by atoms with Crippen molar-refractivity contribution in [2.45, 2.75) is 13.8 Å². The number of hydrogen-bond acceptors (Lipinski definition) is 2. The van der Waals surface area contributed by atoms with Crippen molar-refractivity contribution in [1.29, 1.82) is 0 Å². The van der Waals surface area contributed by atoms with Crippen molar-refractivity contribution in [2.24, 2.45) is 0 Å². The van der Waals surface area contributed by atoms with Crippen LogP contribution in [0.3, 0.4) is 0 Å². The first-order valence-corrected chi connectivity index (χ1v) is 8.42. The molecule has 3 heteroatoms. The van der Waals surface area contributed by atoms with E-state index < -0.39 is 0 Å². The Morgan fingerprint density at radius 2 is 1.50 bits per heavy atom. The van der Waals surface area contributed by atoms with Gasteiger partial charge >= 0.3 is 0 Å². The van der Waals surface area contributed by atoms with Crippen LogP contribution in [0.2, 0.25) is 0 Å². The summed E-state index contributed by atoms with van der Waals surface area (Å²) in [6.07, 6.45) is 4.97. The molecule has 26 heavy (non-hydrogen) atoms. The van der Waals surface area contributed by atoms with Gasteiger partial charge in [0.1, 0.15) is 0 Å². The molecule has 0 amide bonds. The van der Waals surface area contributed by atoms with Gasteiger partial charge < -0.3 is 9.40 Å². The van der Waals surface area contributed by atoms with E-state index in [0.29, 0.717) is 0 Å². The average Bonchev–Trinajstić information content (AvgIpc) is 3.07. The summed E-state index contributed by atoms with van der Waals surface area (Å²) in [7, 11) is 0. The smallest absolute Gasteiger partial charge is 0.0380 e. The van der Waals surface area contributed by atoms with Crippen LogP contribution in [0.4, 0.5) is 0 Å². The first-order valence-electron chi connectivity index (χ1n) is 8.42. The van der Waals surface area contributed by atoms with Crippen molar-refractivity contribution in [1.82, 2.24) is 4.98 Å². The fourth-order valence-electron chi connectivity index (χ4n) is 3.85. The van der Waals surface area contributed by atoms with Crippen LogP contribution < -0.4 is 0 Å². The van der Waals surface area contributed by atoms with E-state index in [4.69, 9.17) is 4.42 Å². The number of aryl methyl sites for hydroxylation is 2. The fourth-order valence-corrected chi connectivity index (χ4v) is 3.85. The fraction of sp³-hybridized carbons (Fsp3) is 0.0870. The van der Waals surface area contributed by atoms with Crippen LogP contribution in [0.5, 0.6) is 0 Å². The number of hydrogen-bond donors (Lipinski definition) is 0. The van der Waals surface area contributed by atoms with Gasteiger partial charge in [-0.2, -0.15) is 0 Å². The number of aromatic nitrogens is 1. The van der Waals surface area contributed by atoms with Crippen molar-refractivity contribution in [3.05, 3.63) is 78.2 Å². The zero-order valence-electron chi connectivity index (χ0n) is 14.5. The van der Waals surface area contributed by atoms with Gasteiger partial charge in [0.2, 0.25) is 0 Å². The van der Waals surface area contributed by atoms with Crippen LogP contribution in [-0.2, 0) is 20.1 Å². The molecule has 0 saturated carbocycles. The molecule has 0 aliphatic rings. The Bertz CT molecular complexity index is 1250. The van der Waals surface area contributed by atoms with Gasteiger partial charge in [-0.25, -0.2) is 0 Å². The molecule has 0 unspecified atom stereocenters. The summed E-state index contributed by atoms with van der Waals surface area (Å²) >= 11 is 0. The topological polar surface area (TPSA) is 26.0 Å². The van der Waals surface area contributed by atoms with Gasteiger partial charge in [-0.1, -0.05) is 75.8 Å². The van der Waals surface area contributed by atoms with Crippen molar-refractivity contribution in [3.8, 4) is 11.3 Å². The van der Waals surface area contributed by atoms with Crippen molar-refractivity contribution >= 4 is 32.4 Å². The summed E-state index contributed by atoms with van der Waals surface area (Å²) in [4.78, 5) is 4.62. The number of benzene rings is 3. The molecule has 0 aliphatic heterocycles. The maximum absolute atomic E-state index is 6.01. The molecule has 0 bridgehead atoms. The zero-order chi connectivity index (χ0) is 17.0. The van der Waals surface area contributed by atoms with Gasteiger partial charge in [0, 0.05) is 38.3 Å². The van der Waals surface area contributed by atoms with E-state index in [1.54, 1.807) is 0 Å². The summed E-state index contributed by atoms with van der Waals surface area (Å²) in [5.74, 6) is 0.884. The van der Waals surface area contributed by atoms with E-state index in [-0.39, 0.29) is 20.1 Å². The van der Waals surface area contributed by atoms with Gasteiger partial charge in [0.05, 0.1) is 0 Å². The largest absolute Gasteiger partial charge is 0.557 e. The van der Waals surface area contributed by atoms with Gasteiger partial charge in [0.25, 0.3) is 0 Å². The summed E-state index contributed by atoms with van der Waals surface area (Å²) in [6, 6.07) is 18.9. The monoisotopic (exact) mass is 515 g/mol. The molecule has 2 heterocycles. The number of pyridine rings is 1. The van der Waals surface area contributed by atoms with E-state index in [1.807, 2.05) is 12.3 Å².